The molecule has 2 aromatic heterocycles. The fourth-order valence-corrected chi connectivity index (χ4v) is 3.54. The predicted octanol–water partition coefficient (Wildman–Crippen LogP) is 4.00. The largest absolute Gasteiger partial charge is 0.497 e. The van der Waals surface area contributed by atoms with E-state index in [1.807, 2.05) is 56.3 Å². The summed E-state index contributed by atoms with van der Waals surface area (Å²) in [5.41, 5.74) is 4.61. The number of rotatable bonds is 4. The maximum absolute atomic E-state index is 12.8. The third kappa shape index (κ3) is 3.33. The maximum atomic E-state index is 12.8. The molecule has 0 unspecified atom stereocenters. The summed E-state index contributed by atoms with van der Waals surface area (Å²) < 4.78 is 8.74. The molecule has 0 amide bonds. The zero-order valence-corrected chi connectivity index (χ0v) is 16.9. The van der Waals surface area contributed by atoms with Crippen molar-refractivity contribution in [1.82, 2.24) is 14.2 Å². The highest BCUT2D eigenvalue weighted by Gasteiger charge is 2.11. The minimum absolute atomic E-state index is 0.173. The molecule has 0 spiro atoms. The Morgan fingerprint density at radius 3 is 2.48 bits per heavy atom. The van der Waals surface area contributed by atoms with Crippen LogP contribution < -0.4 is 10.3 Å². The molecule has 0 saturated carbocycles. The molecule has 6 heteroatoms. The molecule has 0 radical (unpaired) electrons. The lowest BCUT2D eigenvalue weighted by Gasteiger charge is -2.10. The number of methoxy groups -OCH3 is 1. The number of fused-ring (bicyclic) bond motifs is 1. The quantitative estimate of drug-likeness (QED) is 0.498. The van der Waals surface area contributed by atoms with E-state index in [0.717, 1.165) is 28.4 Å². The van der Waals surface area contributed by atoms with E-state index in [-0.39, 0.29) is 5.56 Å². The smallest absolute Gasteiger partial charge is 0.282 e. The molecule has 2 heterocycles. The van der Waals surface area contributed by atoms with Gasteiger partial charge in [-0.1, -0.05) is 12.1 Å². The van der Waals surface area contributed by atoms with Gasteiger partial charge in [-0.2, -0.15) is 9.78 Å². The van der Waals surface area contributed by atoms with E-state index in [4.69, 9.17) is 4.74 Å². The predicted molar refractivity (Wildman–Crippen MR) is 116 cm³/mol. The van der Waals surface area contributed by atoms with Crippen LogP contribution in [0.2, 0.25) is 0 Å². The van der Waals surface area contributed by atoms with Crippen LogP contribution in [0.25, 0.3) is 16.6 Å². The first-order valence-corrected chi connectivity index (χ1v) is 9.35. The van der Waals surface area contributed by atoms with E-state index in [1.54, 1.807) is 26.3 Å². The fourth-order valence-electron chi connectivity index (χ4n) is 3.54. The third-order valence-corrected chi connectivity index (χ3v) is 5.03. The number of benzene rings is 2. The molecule has 0 N–H and O–H groups in total. The lowest BCUT2D eigenvalue weighted by Crippen LogP contribution is -2.20. The molecule has 0 bridgehead atoms. The summed E-state index contributed by atoms with van der Waals surface area (Å²) in [5, 5.41) is 5.00. The monoisotopic (exact) mass is 386 g/mol. The van der Waals surface area contributed by atoms with Crippen molar-refractivity contribution in [2.45, 2.75) is 20.8 Å². The number of nitrogens with zero attached hydrogens (tertiary/aromatic N) is 4. The second kappa shape index (κ2) is 7.39. The van der Waals surface area contributed by atoms with Crippen molar-refractivity contribution in [2.75, 3.05) is 7.11 Å². The van der Waals surface area contributed by atoms with Crippen molar-refractivity contribution in [3.05, 3.63) is 87.7 Å². The topological polar surface area (TPSA) is 61.4 Å². The summed E-state index contributed by atoms with van der Waals surface area (Å²) in [7, 11) is 1.65. The lowest BCUT2D eigenvalue weighted by molar-refractivity contribution is 0.414. The number of hydrogen-bond acceptors (Lipinski definition) is 4. The van der Waals surface area contributed by atoms with Crippen molar-refractivity contribution in [1.29, 1.82) is 0 Å². The number of aryl methyl sites for hydroxylation is 2. The Labute approximate surface area is 168 Å². The number of para-hydroxylation sites is 1. The zero-order valence-electron chi connectivity index (χ0n) is 16.9. The Morgan fingerprint density at radius 2 is 1.76 bits per heavy atom. The molecule has 0 fully saturated rings. The number of aromatic nitrogens is 3. The van der Waals surface area contributed by atoms with Crippen LogP contribution in [0, 0.1) is 20.8 Å². The van der Waals surface area contributed by atoms with Gasteiger partial charge >= 0.3 is 0 Å². The van der Waals surface area contributed by atoms with Gasteiger partial charge in [0.05, 0.1) is 24.2 Å². The molecule has 4 rings (SSSR count). The molecule has 0 aliphatic carbocycles. The molecular weight excluding hydrogens is 364 g/mol. The summed E-state index contributed by atoms with van der Waals surface area (Å²) in [6, 6.07) is 17.3. The first-order chi connectivity index (χ1) is 14.0. The van der Waals surface area contributed by atoms with Gasteiger partial charge in [0.15, 0.2) is 0 Å². The average Bonchev–Trinajstić information content (AvgIpc) is 3.01. The molecule has 0 saturated heterocycles. The van der Waals surface area contributed by atoms with Gasteiger partial charge in [0.1, 0.15) is 11.6 Å². The summed E-state index contributed by atoms with van der Waals surface area (Å²) in [5.74, 6) is 1.37. The second-order valence-electron chi connectivity index (χ2n) is 6.90. The summed E-state index contributed by atoms with van der Waals surface area (Å²) in [6.07, 6.45) is 1.72. The highest BCUT2D eigenvalue weighted by Crippen LogP contribution is 2.22. The lowest BCUT2D eigenvalue weighted by atomic mass is 10.2. The van der Waals surface area contributed by atoms with E-state index in [2.05, 4.69) is 20.7 Å². The SMILES string of the molecule is COc1ccc(-n2c(C)cc(/C=N\n3c(C)nc4ccccc4c3=O)c2C)cc1. The van der Waals surface area contributed by atoms with Crippen LogP contribution in [-0.2, 0) is 0 Å². The summed E-state index contributed by atoms with van der Waals surface area (Å²) in [6.45, 7) is 5.86. The van der Waals surface area contributed by atoms with Crippen LogP contribution in [0.5, 0.6) is 5.75 Å². The number of ether oxygens (including phenoxy) is 1. The highest BCUT2D eigenvalue weighted by atomic mass is 16.5. The Balaban J connectivity index is 1.75. The van der Waals surface area contributed by atoms with Gasteiger partial charge in [0.25, 0.3) is 5.56 Å². The summed E-state index contributed by atoms with van der Waals surface area (Å²) in [4.78, 5) is 17.3. The molecule has 0 aliphatic heterocycles. The van der Waals surface area contributed by atoms with Crippen molar-refractivity contribution < 1.29 is 4.74 Å². The van der Waals surface area contributed by atoms with Crippen molar-refractivity contribution in [3.63, 3.8) is 0 Å². The standard InChI is InChI=1S/C23H22N4O2/c1-15-13-18(16(2)26(15)19-9-11-20(29-4)12-10-19)14-24-27-17(3)25-22-8-6-5-7-21(22)23(27)28/h5-14H,1-4H3/b24-14-. The third-order valence-electron chi connectivity index (χ3n) is 5.03. The Hall–Kier alpha value is -3.67. The van der Waals surface area contributed by atoms with Gasteiger partial charge in [-0.25, -0.2) is 4.98 Å². The molecule has 0 aliphatic rings. The maximum Gasteiger partial charge on any atom is 0.282 e. The van der Waals surface area contributed by atoms with E-state index >= 15 is 0 Å². The van der Waals surface area contributed by atoms with Crippen molar-refractivity contribution in [2.24, 2.45) is 5.10 Å². The molecule has 4 aromatic rings. The van der Waals surface area contributed by atoms with Crippen LogP contribution in [0.3, 0.4) is 0 Å². The molecule has 6 nitrogen and oxygen atoms in total. The van der Waals surface area contributed by atoms with E-state index in [1.165, 1.54) is 4.68 Å². The van der Waals surface area contributed by atoms with Crippen LogP contribution in [0.4, 0.5) is 0 Å². The minimum atomic E-state index is -0.173. The van der Waals surface area contributed by atoms with Gasteiger partial charge in [0, 0.05) is 22.6 Å². The van der Waals surface area contributed by atoms with Crippen LogP contribution in [0.15, 0.2) is 64.5 Å². The van der Waals surface area contributed by atoms with Crippen LogP contribution >= 0.6 is 0 Å². The van der Waals surface area contributed by atoms with Gasteiger partial charge in [-0.15, -0.1) is 0 Å². The fraction of sp³-hybridized carbons (Fsp3) is 0.174. The van der Waals surface area contributed by atoms with Crippen molar-refractivity contribution >= 4 is 17.1 Å². The Kier molecular flexibility index (Phi) is 4.76. The van der Waals surface area contributed by atoms with Crippen molar-refractivity contribution in [3.8, 4) is 11.4 Å². The molecular formula is C23H22N4O2. The summed E-state index contributed by atoms with van der Waals surface area (Å²) >= 11 is 0. The van der Waals surface area contributed by atoms with E-state index in [9.17, 15) is 4.79 Å². The normalized spacial score (nSPS) is 11.4. The van der Waals surface area contributed by atoms with Gasteiger partial charge in [0.2, 0.25) is 0 Å². The van der Waals surface area contributed by atoms with Gasteiger partial charge in [-0.05, 0) is 63.2 Å². The first-order valence-electron chi connectivity index (χ1n) is 9.35. The first kappa shape index (κ1) is 18.7. The second-order valence-corrected chi connectivity index (χ2v) is 6.90. The van der Waals surface area contributed by atoms with Gasteiger partial charge in [-0.3, -0.25) is 4.79 Å². The van der Waals surface area contributed by atoms with E-state index in [0.29, 0.717) is 16.7 Å². The Morgan fingerprint density at radius 1 is 1.03 bits per heavy atom. The van der Waals surface area contributed by atoms with E-state index < -0.39 is 0 Å². The minimum Gasteiger partial charge on any atom is -0.497 e. The van der Waals surface area contributed by atoms with Crippen LogP contribution in [0.1, 0.15) is 22.8 Å². The molecule has 146 valence electrons. The number of hydrogen-bond donors (Lipinski definition) is 0. The molecule has 0 atom stereocenters. The Bertz CT molecular complexity index is 1280. The van der Waals surface area contributed by atoms with Gasteiger partial charge < -0.3 is 9.30 Å². The molecule has 29 heavy (non-hydrogen) atoms. The van der Waals surface area contributed by atoms with Crippen LogP contribution in [-0.4, -0.2) is 27.6 Å². The average molecular weight is 386 g/mol. The zero-order chi connectivity index (χ0) is 20.5. The highest BCUT2D eigenvalue weighted by molar-refractivity contribution is 5.82. The molecule has 2 aromatic carbocycles.